The first-order valence-corrected chi connectivity index (χ1v) is 7.48. The summed E-state index contributed by atoms with van der Waals surface area (Å²) in [5.41, 5.74) is 1.27. The molecular formula is C16H26N2O2. The Morgan fingerprint density at radius 3 is 2.65 bits per heavy atom. The molecule has 0 saturated carbocycles. The van der Waals surface area contributed by atoms with Crippen molar-refractivity contribution in [1.29, 1.82) is 0 Å². The maximum absolute atomic E-state index is 12.0. The molecule has 1 N–H and O–H groups in total. The molecule has 0 spiro atoms. The SMILES string of the molecule is CNCC1=CC([C@H]2OC(=O)N(C(C)C)[C@H]2C)C(C)C=C1. The van der Waals surface area contributed by atoms with Gasteiger partial charge in [-0.3, -0.25) is 4.90 Å². The predicted octanol–water partition coefficient (Wildman–Crippen LogP) is 2.57. The molecule has 1 aliphatic heterocycles. The van der Waals surface area contributed by atoms with Gasteiger partial charge in [0, 0.05) is 18.5 Å². The summed E-state index contributed by atoms with van der Waals surface area (Å²) in [6.45, 7) is 9.19. The second kappa shape index (κ2) is 6.00. The van der Waals surface area contributed by atoms with Crippen molar-refractivity contribution in [3.8, 4) is 0 Å². The van der Waals surface area contributed by atoms with Crippen LogP contribution >= 0.6 is 0 Å². The van der Waals surface area contributed by atoms with Crippen LogP contribution in [0.5, 0.6) is 0 Å². The molecule has 1 fully saturated rings. The zero-order valence-electron chi connectivity index (χ0n) is 13.1. The van der Waals surface area contributed by atoms with Crippen LogP contribution < -0.4 is 5.32 Å². The highest BCUT2D eigenvalue weighted by Crippen LogP contribution is 2.34. The van der Waals surface area contributed by atoms with Crippen LogP contribution in [-0.2, 0) is 4.74 Å². The number of likely N-dealkylation sites (N-methyl/N-ethyl adjacent to an activating group) is 1. The van der Waals surface area contributed by atoms with Crippen LogP contribution in [0.15, 0.2) is 23.8 Å². The number of ether oxygens (including phenoxy) is 1. The smallest absolute Gasteiger partial charge is 0.410 e. The van der Waals surface area contributed by atoms with Gasteiger partial charge in [-0.1, -0.05) is 25.2 Å². The lowest BCUT2D eigenvalue weighted by Gasteiger charge is -2.31. The lowest BCUT2D eigenvalue weighted by molar-refractivity contribution is 0.0960. The van der Waals surface area contributed by atoms with Crippen LogP contribution in [0.25, 0.3) is 0 Å². The van der Waals surface area contributed by atoms with Crippen molar-refractivity contribution >= 4 is 6.09 Å². The lowest BCUT2D eigenvalue weighted by Crippen LogP contribution is -2.42. The third-order valence-electron chi connectivity index (χ3n) is 4.31. The van der Waals surface area contributed by atoms with Gasteiger partial charge in [-0.15, -0.1) is 0 Å². The Kier molecular flexibility index (Phi) is 4.53. The fourth-order valence-corrected chi connectivity index (χ4v) is 3.26. The van der Waals surface area contributed by atoms with Crippen molar-refractivity contribution in [2.24, 2.45) is 11.8 Å². The zero-order chi connectivity index (χ0) is 14.9. The van der Waals surface area contributed by atoms with Gasteiger partial charge in [-0.2, -0.15) is 0 Å². The molecule has 20 heavy (non-hydrogen) atoms. The second-order valence-corrected chi connectivity index (χ2v) is 6.16. The third-order valence-corrected chi connectivity index (χ3v) is 4.31. The Bertz CT molecular complexity index is 428. The normalized spacial score (nSPS) is 33.6. The van der Waals surface area contributed by atoms with Crippen molar-refractivity contribution in [3.63, 3.8) is 0 Å². The average Bonchev–Trinajstić information content (AvgIpc) is 2.67. The van der Waals surface area contributed by atoms with Crippen molar-refractivity contribution in [2.75, 3.05) is 13.6 Å². The topological polar surface area (TPSA) is 41.6 Å². The molecule has 1 heterocycles. The minimum Gasteiger partial charge on any atom is -0.443 e. The van der Waals surface area contributed by atoms with E-state index in [1.54, 1.807) is 0 Å². The van der Waals surface area contributed by atoms with Gasteiger partial charge < -0.3 is 10.1 Å². The first-order valence-electron chi connectivity index (χ1n) is 7.48. The largest absolute Gasteiger partial charge is 0.443 e. The van der Waals surface area contributed by atoms with Crippen LogP contribution in [0.2, 0.25) is 0 Å². The van der Waals surface area contributed by atoms with Gasteiger partial charge in [-0.05, 0) is 39.3 Å². The quantitative estimate of drug-likeness (QED) is 0.859. The second-order valence-electron chi connectivity index (χ2n) is 6.16. The summed E-state index contributed by atoms with van der Waals surface area (Å²) in [5.74, 6) is 0.647. The molecule has 4 atom stereocenters. The van der Waals surface area contributed by atoms with Gasteiger partial charge in [0.2, 0.25) is 0 Å². The van der Waals surface area contributed by atoms with Crippen LogP contribution in [0.1, 0.15) is 27.7 Å². The molecule has 0 bridgehead atoms. The van der Waals surface area contributed by atoms with Crippen molar-refractivity contribution in [3.05, 3.63) is 23.8 Å². The van der Waals surface area contributed by atoms with Gasteiger partial charge in [0.05, 0.1) is 6.04 Å². The standard InChI is InChI=1S/C16H26N2O2/c1-10(2)18-12(4)15(20-16(18)19)14-8-13(9-17-5)7-6-11(14)3/h6-8,10-12,14-15,17H,9H2,1-5H3/t11?,12-,14?,15-/m0/s1. The van der Waals surface area contributed by atoms with E-state index in [4.69, 9.17) is 4.74 Å². The van der Waals surface area contributed by atoms with E-state index < -0.39 is 0 Å². The molecule has 2 aliphatic rings. The highest BCUT2D eigenvalue weighted by Gasteiger charge is 2.44. The highest BCUT2D eigenvalue weighted by atomic mass is 16.6. The minimum absolute atomic E-state index is 0.0586. The number of carbonyl (C=O) groups is 1. The zero-order valence-corrected chi connectivity index (χ0v) is 13.1. The number of carbonyl (C=O) groups excluding carboxylic acids is 1. The maximum atomic E-state index is 12.0. The van der Waals surface area contributed by atoms with Crippen molar-refractivity contribution < 1.29 is 9.53 Å². The summed E-state index contributed by atoms with van der Waals surface area (Å²) in [5, 5.41) is 3.17. The molecular weight excluding hydrogens is 252 g/mol. The Morgan fingerprint density at radius 2 is 2.10 bits per heavy atom. The van der Waals surface area contributed by atoms with E-state index in [0.29, 0.717) is 5.92 Å². The summed E-state index contributed by atoms with van der Waals surface area (Å²) >= 11 is 0. The molecule has 112 valence electrons. The third kappa shape index (κ3) is 2.75. The number of nitrogens with zero attached hydrogens (tertiary/aromatic N) is 1. The number of amides is 1. The van der Waals surface area contributed by atoms with Crippen molar-refractivity contribution in [1.82, 2.24) is 10.2 Å². The average molecular weight is 278 g/mol. The lowest BCUT2D eigenvalue weighted by atomic mass is 9.81. The molecule has 0 aromatic rings. The predicted molar refractivity (Wildman–Crippen MR) is 80.5 cm³/mol. The molecule has 2 rings (SSSR count). The van der Waals surface area contributed by atoms with Gasteiger partial charge in [0.25, 0.3) is 0 Å². The van der Waals surface area contributed by atoms with E-state index in [1.807, 2.05) is 25.8 Å². The molecule has 0 aromatic carbocycles. The molecule has 1 aliphatic carbocycles. The number of cyclic esters (lactones) is 1. The molecule has 2 unspecified atom stereocenters. The van der Waals surface area contributed by atoms with E-state index in [-0.39, 0.29) is 30.2 Å². The maximum Gasteiger partial charge on any atom is 0.410 e. The van der Waals surface area contributed by atoms with Gasteiger partial charge >= 0.3 is 6.09 Å². The van der Waals surface area contributed by atoms with Crippen LogP contribution in [0, 0.1) is 11.8 Å². The molecule has 0 aromatic heterocycles. The molecule has 4 nitrogen and oxygen atoms in total. The monoisotopic (exact) mass is 278 g/mol. The fraction of sp³-hybridized carbons (Fsp3) is 0.688. The number of hydrogen-bond acceptors (Lipinski definition) is 3. The van der Waals surface area contributed by atoms with E-state index in [0.717, 1.165) is 6.54 Å². The van der Waals surface area contributed by atoms with E-state index in [9.17, 15) is 4.79 Å². The molecule has 1 saturated heterocycles. The molecule has 4 heteroatoms. The van der Waals surface area contributed by atoms with Gasteiger partial charge in [0.1, 0.15) is 6.10 Å². The van der Waals surface area contributed by atoms with E-state index >= 15 is 0 Å². The fourth-order valence-electron chi connectivity index (χ4n) is 3.26. The Morgan fingerprint density at radius 1 is 1.40 bits per heavy atom. The Hall–Kier alpha value is -1.29. The van der Waals surface area contributed by atoms with E-state index in [1.165, 1.54) is 5.57 Å². The number of nitrogens with one attached hydrogen (secondary N) is 1. The summed E-state index contributed by atoms with van der Waals surface area (Å²) in [7, 11) is 1.94. The number of hydrogen-bond donors (Lipinski definition) is 1. The number of allylic oxidation sites excluding steroid dienone is 1. The van der Waals surface area contributed by atoms with Gasteiger partial charge in [-0.25, -0.2) is 4.79 Å². The highest BCUT2D eigenvalue weighted by molar-refractivity contribution is 5.71. The van der Waals surface area contributed by atoms with E-state index in [2.05, 4.69) is 37.4 Å². The number of rotatable bonds is 4. The van der Waals surface area contributed by atoms with Crippen LogP contribution in [-0.4, -0.2) is 42.8 Å². The van der Waals surface area contributed by atoms with Crippen LogP contribution in [0.3, 0.4) is 0 Å². The Labute approximate surface area is 121 Å². The summed E-state index contributed by atoms with van der Waals surface area (Å²) in [6.07, 6.45) is 6.41. The first kappa shape index (κ1) is 15.1. The van der Waals surface area contributed by atoms with Crippen LogP contribution in [0.4, 0.5) is 4.79 Å². The summed E-state index contributed by atoms with van der Waals surface area (Å²) in [4.78, 5) is 13.9. The van der Waals surface area contributed by atoms with Gasteiger partial charge in [0.15, 0.2) is 0 Å². The summed E-state index contributed by atoms with van der Waals surface area (Å²) < 4.78 is 5.67. The molecule has 0 radical (unpaired) electrons. The minimum atomic E-state index is -0.178. The van der Waals surface area contributed by atoms with Crippen molar-refractivity contribution in [2.45, 2.75) is 45.9 Å². The summed E-state index contributed by atoms with van der Waals surface area (Å²) in [6, 6.07) is 0.297. The molecule has 1 amide bonds. The Balaban J connectivity index is 2.19. The first-order chi connectivity index (χ1) is 9.45.